The van der Waals surface area contributed by atoms with Crippen molar-refractivity contribution in [2.24, 2.45) is 0 Å². The Hall–Kier alpha value is -2.77. The molecular weight excluding hydrogens is 419 g/mol. The van der Waals surface area contributed by atoms with E-state index in [2.05, 4.69) is 14.7 Å². The summed E-state index contributed by atoms with van der Waals surface area (Å²) in [6.45, 7) is 0.207. The number of carbonyl (C=O) groups excluding carboxylic acids is 1. The Morgan fingerprint density at radius 2 is 2.10 bits per heavy atom. The van der Waals surface area contributed by atoms with Crippen LogP contribution >= 0.6 is 11.6 Å². The first-order valence-electron chi connectivity index (χ1n) is 8.43. The first-order chi connectivity index (χ1) is 13.9. The number of halogens is 2. The summed E-state index contributed by atoms with van der Waals surface area (Å²) in [7, 11) is 0. The van der Waals surface area contributed by atoms with Crippen molar-refractivity contribution in [3.8, 4) is 6.07 Å². The number of hydrogen-bond acceptors (Lipinski definition) is 5. The molecule has 148 valence electrons. The molecule has 1 atom stereocenters. The van der Waals surface area contributed by atoms with Crippen LogP contribution < -0.4 is 4.72 Å². The van der Waals surface area contributed by atoms with E-state index in [1.54, 1.807) is 6.07 Å². The van der Waals surface area contributed by atoms with Crippen LogP contribution in [-0.4, -0.2) is 31.1 Å². The van der Waals surface area contributed by atoms with Gasteiger partial charge in [-0.05, 0) is 42.7 Å². The molecule has 0 aliphatic rings. The van der Waals surface area contributed by atoms with Crippen LogP contribution in [0.15, 0.2) is 36.5 Å². The molecule has 2 N–H and O–H groups in total. The van der Waals surface area contributed by atoms with Crippen molar-refractivity contribution in [2.75, 3.05) is 6.54 Å². The van der Waals surface area contributed by atoms with Crippen molar-refractivity contribution >= 4 is 39.7 Å². The molecule has 1 aromatic heterocycles. The van der Waals surface area contributed by atoms with E-state index >= 15 is 0 Å². The number of nitrogens with one attached hydrogen (secondary N) is 1. The van der Waals surface area contributed by atoms with Crippen molar-refractivity contribution in [1.29, 1.82) is 5.26 Å². The van der Waals surface area contributed by atoms with Crippen molar-refractivity contribution < 1.29 is 17.9 Å². The van der Waals surface area contributed by atoms with E-state index in [1.807, 2.05) is 6.07 Å². The highest BCUT2D eigenvalue weighted by molar-refractivity contribution is 7.77. The van der Waals surface area contributed by atoms with Gasteiger partial charge in [-0.2, -0.15) is 5.26 Å². The second-order valence-corrected chi connectivity index (χ2v) is 7.24. The number of aryl methyl sites for hydroxylation is 1. The zero-order chi connectivity index (χ0) is 21.0. The molecule has 0 saturated carbocycles. The van der Waals surface area contributed by atoms with Gasteiger partial charge in [-0.3, -0.25) is 14.3 Å². The topological polar surface area (TPSA) is 116 Å². The minimum absolute atomic E-state index is 0.0252. The Morgan fingerprint density at radius 3 is 2.83 bits per heavy atom. The van der Waals surface area contributed by atoms with Gasteiger partial charge in [-0.25, -0.2) is 18.3 Å². The van der Waals surface area contributed by atoms with Crippen molar-refractivity contribution in [3.63, 3.8) is 0 Å². The normalized spacial score (nSPS) is 11.9. The van der Waals surface area contributed by atoms with Gasteiger partial charge in [0.15, 0.2) is 11.5 Å². The highest BCUT2D eigenvalue weighted by atomic mass is 35.5. The molecule has 3 rings (SSSR count). The van der Waals surface area contributed by atoms with Crippen LogP contribution in [0.4, 0.5) is 4.39 Å². The average Bonchev–Trinajstić information content (AvgIpc) is 2.71. The second-order valence-electron chi connectivity index (χ2n) is 6.04. The molecule has 0 spiro atoms. The smallest absolute Gasteiger partial charge is 0.231 e. The van der Waals surface area contributed by atoms with Crippen molar-refractivity contribution in [3.05, 3.63) is 69.8 Å². The Morgan fingerprint density at radius 1 is 1.31 bits per heavy atom. The van der Waals surface area contributed by atoms with E-state index < -0.39 is 22.9 Å². The van der Waals surface area contributed by atoms with E-state index in [0.717, 1.165) is 0 Å². The highest BCUT2D eigenvalue weighted by Crippen LogP contribution is 2.27. The summed E-state index contributed by atoms with van der Waals surface area (Å²) < 4.78 is 36.6. The van der Waals surface area contributed by atoms with E-state index in [1.165, 1.54) is 30.5 Å². The number of benzene rings is 2. The summed E-state index contributed by atoms with van der Waals surface area (Å²) in [6, 6.07) is 9.30. The molecule has 0 aliphatic carbocycles. The molecule has 29 heavy (non-hydrogen) atoms. The number of aromatic nitrogens is 2. The Balaban J connectivity index is 1.92. The predicted molar refractivity (Wildman–Crippen MR) is 106 cm³/mol. The number of carbonyl (C=O) groups is 1. The molecular formula is C19H14ClFN4O3S. The van der Waals surface area contributed by atoms with Crippen LogP contribution in [0.3, 0.4) is 0 Å². The van der Waals surface area contributed by atoms with Crippen LogP contribution in [0.2, 0.25) is 5.02 Å². The summed E-state index contributed by atoms with van der Waals surface area (Å²) in [4.78, 5) is 21.1. The van der Waals surface area contributed by atoms with Crippen LogP contribution in [0.25, 0.3) is 11.0 Å². The number of nitriles is 1. The van der Waals surface area contributed by atoms with Crippen LogP contribution in [0.1, 0.15) is 33.6 Å². The number of fused-ring (bicyclic) bond motifs is 1. The van der Waals surface area contributed by atoms with Gasteiger partial charge in [0, 0.05) is 12.1 Å². The number of ketones is 1. The molecule has 0 amide bonds. The fraction of sp³-hybridized carbons (Fsp3) is 0.158. The molecule has 3 aromatic rings. The third-order valence-corrected chi connectivity index (χ3v) is 4.93. The zero-order valence-corrected chi connectivity index (χ0v) is 16.4. The van der Waals surface area contributed by atoms with Gasteiger partial charge in [0.1, 0.15) is 11.9 Å². The maximum atomic E-state index is 15.0. The lowest BCUT2D eigenvalue weighted by atomic mass is 9.98. The predicted octanol–water partition coefficient (Wildman–Crippen LogP) is 3.18. The van der Waals surface area contributed by atoms with Gasteiger partial charge < -0.3 is 0 Å². The van der Waals surface area contributed by atoms with Gasteiger partial charge in [-0.15, -0.1) is 0 Å². The third kappa shape index (κ3) is 4.81. The maximum Gasteiger partial charge on any atom is 0.231 e. The van der Waals surface area contributed by atoms with Gasteiger partial charge >= 0.3 is 0 Å². The minimum atomic E-state index is -2.13. The quantitative estimate of drug-likeness (QED) is 0.336. The standard InChI is InChI=1S/C19H14ClFN4O3S/c20-14-5-3-11(2-1-7-24-29(27)28)18(21)17(14)19(26)12-4-6-15-16(8-12)25-13(9-22)10-23-15/h3-6,8,10,24H,1-2,7H2,(H,27,28). The van der Waals surface area contributed by atoms with E-state index in [4.69, 9.17) is 21.4 Å². The fourth-order valence-corrected chi connectivity index (χ4v) is 3.34. The van der Waals surface area contributed by atoms with Crippen LogP contribution in [0, 0.1) is 17.1 Å². The summed E-state index contributed by atoms with van der Waals surface area (Å²) in [6.07, 6.45) is 1.97. The lowest BCUT2D eigenvalue weighted by molar-refractivity contribution is 0.103. The Labute approximate surface area is 173 Å². The number of nitrogens with zero attached hydrogens (tertiary/aromatic N) is 3. The average molecular weight is 433 g/mol. The third-order valence-electron chi connectivity index (χ3n) is 4.17. The molecule has 0 fully saturated rings. The zero-order valence-electron chi connectivity index (χ0n) is 14.9. The summed E-state index contributed by atoms with van der Waals surface area (Å²) >= 11 is 3.96. The molecule has 7 nitrogen and oxygen atoms in total. The lowest BCUT2D eigenvalue weighted by Crippen LogP contribution is -2.18. The van der Waals surface area contributed by atoms with Crippen LogP contribution in [0.5, 0.6) is 0 Å². The van der Waals surface area contributed by atoms with Gasteiger partial charge in [0.05, 0.1) is 27.8 Å². The Bertz CT molecular complexity index is 1170. The van der Waals surface area contributed by atoms with E-state index in [-0.39, 0.29) is 40.4 Å². The monoisotopic (exact) mass is 432 g/mol. The van der Waals surface area contributed by atoms with Crippen molar-refractivity contribution in [2.45, 2.75) is 12.8 Å². The number of hydrogen-bond donors (Lipinski definition) is 2. The molecule has 1 unspecified atom stereocenters. The SMILES string of the molecule is N#Cc1cnc2ccc(C(=O)c3c(Cl)ccc(CCCNS(=O)O)c3F)cc2n1. The molecule has 1 heterocycles. The molecule has 2 aromatic carbocycles. The number of rotatable bonds is 7. The van der Waals surface area contributed by atoms with Crippen LogP contribution in [-0.2, 0) is 17.7 Å². The van der Waals surface area contributed by atoms with Gasteiger partial charge in [-0.1, -0.05) is 17.7 Å². The second kappa shape index (κ2) is 9.15. The van der Waals surface area contributed by atoms with E-state index in [9.17, 15) is 13.4 Å². The molecule has 0 saturated heterocycles. The first kappa shape index (κ1) is 21.0. The largest absolute Gasteiger partial charge is 0.294 e. The van der Waals surface area contributed by atoms with Gasteiger partial charge in [0.25, 0.3) is 0 Å². The molecule has 0 aliphatic heterocycles. The Kier molecular flexibility index (Phi) is 6.61. The summed E-state index contributed by atoms with van der Waals surface area (Å²) in [5.41, 5.74) is 1.12. The van der Waals surface area contributed by atoms with Crippen molar-refractivity contribution in [1.82, 2.24) is 14.7 Å². The highest BCUT2D eigenvalue weighted by Gasteiger charge is 2.21. The molecule has 0 bridgehead atoms. The fourth-order valence-electron chi connectivity index (χ4n) is 2.79. The molecule has 10 heteroatoms. The summed E-state index contributed by atoms with van der Waals surface area (Å²) in [5.74, 6) is -1.35. The minimum Gasteiger partial charge on any atom is -0.294 e. The maximum absolute atomic E-state index is 15.0. The summed E-state index contributed by atoms with van der Waals surface area (Å²) in [5, 5.41) is 8.93. The lowest BCUT2D eigenvalue weighted by Gasteiger charge is -2.10. The van der Waals surface area contributed by atoms with Gasteiger partial charge in [0.2, 0.25) is 11.3 Å². The molecule has 0 radical (unpaired) electrons. The van der Waals surface area contributed by atoms with E-state index in [0.29, 0.717) is 17.5 Å². The first-order valence-corrected chi connectivity index (χ1v) is 9.92.